The van der Waals surface area contributed by atoms with E-state index in [1.807, 2.05) is 74.7 Å². The molecule has 1 aliphatic rings. The lowest BCUT2D eigenvalue weighted by Crippen LogP contribution is -2.14. The van der Waals surface area contributed by atoms with Crippen LogP contribution in [-0.4, -0.2) is 18.2 Å². The number of nitrogens with zero attached hydrogens (tertiary/aromatic N) is 1. The topological polar surface area (TPSA) is 50.7 Å². The molecule has 0 aliphatic heterocycles. The van der Waals surface area contributed by atoms with Crippen molar-refractivity contribution < 1.29 is 9.53 Å². The monoisotopic (exact) mass is 446 g/mol. The van der Waals surface area contributed by atoms with E-state index in [9.17, 15) is 4.79 Å². The Kier molecular flexibility index (Phi) is 7.38. The molecule has 0 saturated heterocycles. The Morgan fingerprint density at radius 3 is 2.50 bits per heavy atom. The first kappa shape index (κ1) is 22.3. The molecule has 0 saturated carbocycles. The maximum atomic E-state index is 13.4. The molecule has 5 heteroatoms. The van der Waals surface area contributed by atoms with Crippen molar-refractivity contribution in [3.05, 3.63) is 76.2 Å². The van der Waals surface area contributed by atoms with E-state index in [0.717, 1.165) is 46.8 Å². The van der Waals surface area contributed by atoms with Crippen LogP contribution in [0.2, 0.25) is 0 Å². The van der Waals surface area contributed by atoms with E-state index in [2.05, 4.69) is 5.32 Å². The smallest absolute Gasteiger partial charge is 0.259 e. The second kappa shape index (κ2) is 10.6. The second-order valence-corrected chi connectivity index (χ2v) is 9.46. The lowest BCUT2D eigenvalue weighted by atomic mass is 9.96. The number of amides is 1. The van der Waals surface area contributed by atoms with E-state index < -0.39 is 0 Å². The number of thiophene rings is 1. The molecule has 1 heterocycles. The Balaban J connectivity index is 1.70. The molecule has 1 aliphatic carbocycles. The standard InChI is InChI=1S/C27H30N2O2S/c1-19(2)31-23-16-11-10-12-20(23)18-28-27-25(26(30)29-21-13-6-5-7-14-21)22-15-8-3-4-9-17-24(22)32-27/h5-7,10-14,16,18-19H,3-4,8-9,15,17H2,1-2H3,(H,29,30). The third-order valence-electron chi connectivity index (χ3n) is 5.51. The molecule has 2 aromatic carbocycles. The molecule has 0 spiro atoms. The fraction of sp³-hybridized carbons (Fsp3) is 0.333. The van der Waals surface area contributed by atoms with Gasteiger partial charge in [0.1, 0.15) is 10.8 Å². The summed E-state index contributed by atoms with van der Waals surface area (Å²) in [7, 11) is 0. The number of para-hydroxylation sites is 2. The highest BCUT2D eigenvalue weighted by molar-refractivity contribution is 7.16. The van der Waals surface area contributed by atoms with E-state index in [-0.39, 0.29) is 12.0 Å². The van der Waals surface area contributed by atoms with E-state index in [1.54, 1.807) is 11.3 Å². The SMILES string of the molecule is CC(C)Oc1ccccc1C=Nc1sc2c(c1C(=O)Nc1ccccc1)CCCCCC2. The molecular formula is C27H30N2O2S. The predicted molar refractivity (Wildman–Crippen MR) is 134 cm³/mol. The number of ether oxygens (including phenoxy) is 1. The van der Waals surface area contributed by atoms with Gasteiger partial charge in [-0.05, 0) is 69.4 Å². The van der Waals surface area contributed by atoms with Crippen LogP contribution in [0.25, 0.3) is 0 Å². The number of hydrogen-bond donors (Lipinski definition) is 1. The van der Waals surface area contributed by atoms with Crippen LogP contribution in [0.3, 0.4) is 0 Å². The minimum Gasteiger partial charge on any atom is -0.490 e. The molecule has 0 unspecified atom stereocenters. The highest BCUT2D eigenvalue weighted by atomic mass is 32.1. The first-order valence-electron chi connectivity index (χ1n) is 11.4. The molecule has 0 fully saturated rings. The van der Waals surface area contributed by atoms with Gasteiger partial charge >= 0.3 is 0 Å². The van der Waals surface area contributed by atoms with Crippen LogP contribution in [0.1, 0.15) is 65.9 Å². The summed E-state index contributed by atoms with van der Waals surface area (Å²) in [5.74, 6) is 0.726. The van der Waals surface area contributed by atoms with Crippen molar-refractivity contribution in [1.82, 2.24) is 0 Å². The zero-order valence-corrected chi connectivity index (χ0v) is 19.6. The molecule has 0 radical (unpaired) electrons. The van der Waals surface area contributed by atoms with Crippen LogP contribution in [0, 0.1) is 0 Å². The second-order valence-electron chi connectivity index (χ2n) is 8.38. The maximum absolute atomic E-state index is 13.4. The van der Waals surface area contributed by atoms with Gasteiger partial charge in [-0.25, -0.2) is 4.99 Å². The van der Waals surface area contributed by atoms with Crippen molar-refractivity contribution in [3.8, 4) is 5.75 Å². The number of benzene rings is 2. The van der Waals surface area contributed by atoms with Crippen LogP contribution >= 0.6 is 11.3 Å². The molecular weight excluding hydrogens is 416 g/mol. The summed E-state index contributed by atoms with van der Waals surface area (Å²) in [6.07, 6.45) is 8.62. The van der Waals surface area contributed by atoms with Crippen LogP contribution in [0.5, 0.6) is 5.75 Å². The van der Waals surface area contributed by atoms with Gasteiger partial charge in [-0.1, -0.05) is 43.2 Å². The average Bonchev–Trinajstić information content (AvgIpc) is 3.10. The van der Waals surface area contributed by atoms with Crippen molar-refractivity contribution >= 4 is 34.1 Å². The Morgan fingerprint density at radius 1 is 1.00 bits per heavy atom. The lowest BCUT2D eigenvalue weighted by Gasteiger charge is -2.12. The summed E-state index contributed by atoms with van der Waals surface area (Å²) in [5, 5.41) is 3.86. The summed E-state index contributed by atoms with van der Waals surface area (Å²) in [6.45, 7) is 4.03. The minimum atomic E-state index is -0.0758. The number of fused-ring (bicyclic) bond motifs is 1. The first-order valence-corrected chi connectivity index (χ1v) is 12.2. The molecule has 0 bridgehead atoms. The molecule has 4 nitrogen and oxygen atoms in total. The Morgan fingerprint density at radius 2 is 1.72 bits per heavy atom. The average molecular weight is 447 g/mol. The molecule has 0 atom stereocenters. The summed E-state index contributed by atoms with van der Waals surface area (Å²) >= 11 is 1.66. The molecule has 32 heavy (non-hydrogen) atoms. The number of carbonyl (C=O) groups excluding carboxylic acids is 1. The zero-order chi connectivity index (χ0) is 22.3. The number of rotatable bonds is 6. The number of nitrogens with one attached hydrogen (secondary N) is 1. The van der Waals surface area contributed by atoms with E-state index in [1.165, 1.54) is 29.7 Å². The van der Waals surface area contributed by atoms with Crippen LogP contribution in [-0.2, 0) is 12.8 Å². The first-order chi connectivity index (χ1) is 15.6. The minimum absolute atomic E-state index is 0.0758. The number of hydrogen-bond acceptors (Lipinski definition) is 4. The van der Waals surface area contributed by atoms with Gasteiger partial charge in [-0.2, -0.15) is 0 Å². The molecule has 3 aromatic rings. The maximum Gasteiger partial charge on any atom is 0.259 e. The van der Waals surface area contributed by atoms with Gasteiger partial charge in [0.05, 0.1) is 11.7 Å². The molecule has 166 valence electrons. The number of carbonyl (C=O) groups is 1. The van der Waals surface area contributed by atoms with E-state index >= 15 is 0 Å². The van der Waals surface area contributed by atoms with Gasteiger partial charge in [0.25, 0.3) is 5.91 Å². The Labute approximate surface area is 194 Å². The fourth-order valence-corrected chi connectivity index (χ4v) is 5.25. The normalized spacial score (nSPS) is 14.1. The van der Waals surface area contributed by atoms with E-state index in [4.69, 9.17) is 9.73 Å². The van der Waals surface area contributed by atoms with Crippen molar-refractivity contribution in [1.29, 1.82) is 0 Å². The summed E-state index contributed by atoms with van der Waals surface area (Å²) in [5.41, 5.74) is 3.63. The van der Waals surface area contributed by atoms with Gasteiger partial charge in [0, 0.05) is 22.3 Å². The summed E-state index contributed by atoms with van der Waals surface area (Å²) in [6, 6.07) is 17.5. The van der Waals surface area contributed by atoms with Gasteiger partial charge in [-0.15, -0.1) is 11.3 Å². The van der Waals surface area contributed by atoms with E-state index in [0.29, 0.717) is 0 Å². The van der Waals surface area contributed by atoms with Crippen LogP contribution in [0.15, 0.2) is 59.6 Å². The van der Waals surface area contributed by atoms with Crippen molar-refractivity contribution in [2.45, 2.75) is 58.5 Å². The van der Waals surface area contributed by atoms with Crippen LogP contribution < -0.4 is 10.1 Å². The zero-order valence-electron chi connectivity index (χ0n) is 18.8. The van der Waals surface area contributed by atoms with Crippen LogP contribution in [0.4, 0.5) is 10.7 Å². The molecule has 1 aromatic heterocycles. The van der Waals surface area contributed by atoms with Crippen molar-refractivity contribution in [3.63, 3.8) is 0 Å². The largest absolute Gasteiger partial charge is 0.490 e. The lowest BCUT2D eigenvalue weighted by molar-refractivity contribution is 0.102. The molecule has 1 amide bonds. The number of aryl methyl sites for hydroxylation is 1. The quantitative estimate of drug-likeness (QED) is 0.407. The van der Waals surface area contributed by atoms with Gasteiger partial charge in [0.15, 0.2) is 0 Å². The van der Waals surface area contributed by atoms with Gasteiger partial charge < -0.3 is 10.1 Å². The van der Waals surface area contributed by atoms with Crippen molar-refractivity contribution in [2.75, 3.05) is 5.32 Å². The molecule has 1 N–H and O–H groups in total. The highest BCUT2D eigenvalue weighted by Gasteiger charge is 2.24. The van der Waals surface area contributed by atoms with Gasteiger partial charge in [-0.3, -0.25) is 4.79 Å². The summed E-state index contributed by atoms with van der Waals surface area (Å²) < 4.78 is 5.94. The Bertz CT molecular complexity index is 1090. The third kappa shape index (κ3) is 5.46. The van der Waals surface area contributed by atoms with Gasteiger partial charge in [0.2, 0.25) is 0 Å². The number of aliphatic imine (C=N–C) groups is 1. The predicted octanol–water partition coefficient (Wildman–Crippen LogP) is 7.20. The third-order valence-corrected chi connectivity index (χ3v) is 6.71. The highest BCUT2D eigenvalue weighted by Crippen LogP contribution is 2.39. The molecule has 4 rings (SSSR count). The Hall–Kier alpha value is -2.92. The fourth-order valence-electron chi connectivity index (χ4n) is 4.02. The van der Waals surface area contributed by atoms with Crippen molar-refractivity contribution in [2.24, 2.45) is 4.99 Å². The summed E-state index contributed by atoms with van der Waals surface area (Å²) in [4.78, 5) is 19.5. The number of anilines is 1.